The van der Waals surface area contributed by atoms with E-state index in [4.69, 9.17) is 23.7 Å². The fraction of sp³-hybridized carbons (Fsp3) is 1.00. The molecule has 3 heterocycles. The molecule has 5 nitrogen and oxygen atoms in total. The number of halogens is 1. The second-order valence-corrected chi connectivity index (χ2v) is 6.74. The lowest BCUT2D eigenvalue weighted by atomic mass is 10.0. The van der Waals surface area contributed by atoms with Gasteiger partial charge in [0, 0.05) is 4.43 Å². The summed E-state index contributed by atoms with van der Waals surface area (Å²) in [6, 6.07) is 0. The van der Waals surface area contributed by atoms with Gasteiger partial charge in [-0.3, -0.25) is 0 Å². The van der Waals surface area contributed by atoms with Gasteiger partial charge in [0.05, 0.1) is 6.10 Å². The molecule has 0 spiro atoms. The summed E-state index contributed by atoms with van der Waals surface area (Å²) >= 11 is 2.30. The van der Waals surface area contributed by atoms with Crippen molar-refractivity contribution in [3.8, 4) is 0 Å². The molecule has 0 aliphatic carbocycles. The molecular formula is C12H19IO5. The Morgan fingerprint density at radius 1 is 0.833 bits per heavy atom. The Hall–Kier alpha value is 0.530. The highest BCUT2D eigenvalue weighted by molar-refractivity contribution is 14.1. The van der Waals surface area contributed by atoms with E-state index in [1.165, 1.54) is 0 Å². The molecule has 3 fully saturated rings. The van der Waals surface area contributed by atoms with Crippen molar-refractivity contribution in [1.29, 1.82) is 0 Å². The van der Waals surface area contributed by atoms with E-state index in [9.17, 15) is 0 Å². The van der Waals surface area contributed by atoms with Crippen molar-refractivity contribution >= 4 is 22.6 Å². The molecule has 3 aliphatic rings. The Morgan fingerprint density at radius 2 is 1.39 bits per heavy atom. The van der Waals surface area contributed by atoms with Crippen molar-refractivity contribution in [1.82, 2.24) is 0 Å². The highest BCUT2D eigenvalue weighted by Gasteiger charge is 2.60. The van der Waals surface area contributed by atoms with Crippen molar-refractivity contribution in [2.24, 2.45) is 0 Å². The normalized spacial score (nSPS) is 48.8. The van der Waals surface area contributed by atoms with Crippen LogP contribution in [-0.2, 0) is 23.7 Å². The number of rotatable bonds is 1. The van der Waals surface area contributed by atoms with Gasteiger partial charge in [0.2, 0.25) is 0 Å². The van der Waals surface area contributed by atoms with Crippen LogP contribution in [0.3, 0.4) is 0 Å². The van der Waals surface area contributed by atoms with E-state index in [0.29, 0.717) is 0 Å². The molecule has 104 valence electrons. The van der Waals surface area contributed by atoms with Crippen LogP contribution in [0.15, 0.2) is 0 Å². The molecule has 3 saturated heterocycles. The lowest BCUT2D eigenvalue weighted by molar-refractivity contribution is -0.227. The molecule has 0 N–H and O–H groups in total. The van der Waals surface area contributed by atoms with E-state index in [1.54, 1.807) is 0 Å². The quantitative estimate of drug-likeness (QED) is 0.521. The summed E-state index contributed by atoms with van der Waals surface area (Å²) in [6.45, 7) is 7.63. The van der Waals surface area contributed by atoms with Crippen molar-refractivity contribution in [2.45, 2.75) is 70.0 Å². The SMILES string of the molecule is CC1(C)O[C@@H]2[C@@H](O1)[C@@H](CI)O[C@H]1OC(C)(C)O[C@@H]12. The molecule has 0 unspecified atom stereocenters. The number of fused-ring (bicyclic) bond motifs is 3. The van der Waals surface area contributed by atoms with E-state index < -0.39 is 11.6 Å². The zero-order valence-electron chi connectivity index (χ0n) is 11.0. The second-order valence-electron chi connectivity index (χ2n) is 5.86. The van der Waals surface area contributed by atoms with Gasteiger partial charge in [-0.2, -0.15) is 0 Å². The van der Waals surface area contributed by atoms with Crippen molar-refractivity contribution < 1.29 is 23.7 Å². The molecule has 0 aromatic rings. The van der Waals surface area contributed by atoms with Gasteiger partial charge in [0.25, 0.3) is 0 Å². The third-order valence-electron chi connectivity index (χ3n) is 3.40. The predicted molar refractivity (Wildman–Crippen MR) is 71.4 cm³/mol. The van der Waals surface area contributed by atoms with Crippen LogP contribution >= 0.6 is 22.6 Å². The van der Waals surface area contributed by atoms with Crippen molar-refractivity contribution in [3.63, 3.8) is 0 Å². The molecule has 0 radical (unpaired) electrons. The summed E-state index contributed by atoms with van der Waals surface area (Å²) in [5, 5.41) is 0. The van der Waals surface area contributed by atoms with Gasteiger partial charge in [0.15, 0.2) is 17.9 Å². The Labute approximate surface area is 121 Å². The molecule has 0 aromatic heterocycles. The molecule has 3 aliphatic heterocycles. The summed E-state index contributed by atoms with van der Waals surface area (Å²) in [7, 11) is 0. The van der Waals surface area contributed by atoms with Gasteiger partial charge in [0.1, 0.15) is 18.3 Å². The minimum atomic E-state index is -0.629. The number of ether oxygens (including phenoxy) is 5. The standard InChI is InChI=1S/C12H19IO5/c1-11(2)15-7-6(5-13)14-10-9(8(7)16-11)17-12(3,4)18-10/h6-10H,5H2,1-4H3/t6-,7+,8-,9-,10+/m1/s1. The Bertz CT molecular complexity index is 345. The molecule has 18 heavy (non-hydrogen) atoms. The Balaban J connectivity index is 1.86. The van der Waals surface area contributed by atoms with Crippen LogP contribution in [0, 0.1) is 0 Å². The first kappa shape index (κ1) is 13.5. The van der Waals surface area contributed by atoms with Gasteiger partial charge in [-0.15, -0.1) is 0 Å². The van der Waals surface area contributed by atoms with Crippen LogP contribution in [0.4, 0.5) is 0 Å². The zero-order chi connectivity index (χ0) is 13.1. The minimum absolute atomic E-state index is 0.0175. The summed E-state index contributed by atoms with van der Waals surface area (Å²) < 4.78 is 30.4. The third kappa shape index (κ3) is 2.20. The third-order valence-corrected chi connectivity index (χ3v) is 4.27. The van der Waals surface area contributed by atoms with Gasteiger partial charge < -0.3 is 23.7 Å². The molecular weight excluding hydrogens is 351 g/mol. The van der Waals surface area contributed by atoms with E-state index in [-0.39, 0.29) is 30.7 Å². The van der Waals surface area contributed by atoms with Gasteiger partial charge >= 0.3 is 0 Å². The van der Waals surface area contributed by atoms with Gasteiger partial charge in [-0.1, -0.05) is 22.6 Å². The van der Waals surface area contributed by atoms with Crippen LogP contribution in [0.5, 0.6) is 0 Å². The minimum Gasteiger partial charge on any atom is -0.343 e. The summed E-state index contributed by atoms with van der Waals surface area (Å²) in [5.74, 6) is -1.22. The van der Waals surface area contributed by atoms with Crippen LogP contribution in [0.25, 0.3) is 0 Å². The van der Waals surface area contributed by atoms with E-state index in [0.717, 1.165) is 4.43 Å². The van der Waals surface area contributed by atoms with Crippen LogP contribution in [0.2, 0.25) is 0 Å². The zero-order valence-corrected chi connectivity index (χ0v) is 13.2. The predicted octanol–water partition coefficient (Wildman–Crippen LogP) is 1.82. The Kier molecular flexibility index (Phi) is 3.20. The monoisotopic (exact) mass is 370 g/mol. The average Bonchev–Trinajstić information content (AvgIpc) is 2.71. The largest absolute Gasteiger partial charge is 0.343 e. The van der Waals surface area contributed by atoms with Crippen LogP contribution in [-0.4, -0.2) is 46.7 Å². The van der Waals surface area contributed by atoms with Crippen molar-refractivity contribution in [2.75, 3.05) is 4.43 Å². The maximum absolute atomic E-state index is 5.98. The topological polar surface area (TPSA) is 46.2 Å². The molecule has 0 saturated carbocycles. The van der Waals surface area contributed by atoms with Gasteiger partial charge in [-0.25, -0.2) is 0 Å². The van der Waals surface area contributed by atoms with E-state index >= 15 is 0 Å². The molecule has 5 atom stereocenters. The fourth-order valence-electron chi connectivity index (χ4n) is 2.82. The molecule has 0 bridgehead atoms. The molecule has 6 heteroatoms. The van der Waals surface area contributed by atoms with Crippen LogP contribution < -0.4 is 0 Å². The first-order valence-electron chi connectivity index (χ1n) is 6.24. The first-order valence-corrected chi connectivity index (χ1v) is 7.77. The van der Waals surface area contributed by atoms with Gasteiger partial charge in [-0.05, 0) is 27.7 Å². The maximum Gasteiger partial charge on any atom is 0.190 e. The maximum atomic E-state index is 5.98. The number of alkyl halides is 1. The smallest absolute Gasteiger partial charge is 0.190 e. The average molecular weight is 370 g/mol. The van der Waals surface area contributed by atoms with E-state index in [2.05, 4.69) is 22.6 Å². The lowest BCUT2D eigenvalue weighted by Crippen LogP contribution is -2.55. The summed E-state index contributed by atoms with van der Waals surface area (Å²) in [6.07, 6.45) is -0.809. The fourth-order valence-corrected chi connectivity index (χ4v) is 3.53. The van der Waals surface area contributed by atoms with Crippen LogP contribution in [0.1, 0.15) is 27.7 Å². The number of hydrogen-bond acceptors (Lipinski definition) is 5. The molecule has 0 aromatic carbocycles. The molecule has 3 rings (SSSR count). The lowest BCUT2D eigenvalue weighted by Gasteiger charge is -2.36. The summed E-state index contributed by atoms with van der Waals surface area (Å²) in [4.78, 5) is 0. The highest BCUT2D eigenvalue weighted by Crippen LogP contribution is 2.44. The molecule has 0 amide bonds. The number of hydrogen-bond donors (Lipinski definition) is 0. The highest BCUT2D eigenvalue weighted by atomic mass is 127. The first-order chi connectivity index (χ1) is 8.31. The Morgan fingerprint density at radius 3 is 2.06 bits per heavy atom. The second kappa shape index (κ2) is 4.26. The van der Waals surface area contributed by atoms with E-state index in [1.807, 2.05) is 27.7 Å². The van der Waals surface area contributed by atoms with Crippen molar-refractivity contribution in [3.05, 3.63) is 0 Å². The summed E-state index contributed by atoms with van der Waals surface area (Å²) in [5.41, 5.74) is 0.